The number of para-hydroxylation sites is 1. The molecule has 0 saturated heterocycles. The maximum absolute atomic E-state index is 4.70. The highest BCUT2D eigenvalue weighted by atomic mass is 15.2. The standard InChI is InChI=1S/C22H27N5/c1-6-16-10-7-9-15(2)20(16)25-19-13-18(17-11-8-12-23-14-17)24-21(26-19)27-22(3,4)5/h7-14H,6H2,1-5H3,(H2,24,25,26,27). The Hall–Kier alpha value is -2.95. The van der Waals surface area contributed by atoms with Gasteiger partial charge in [-0.2, -0.15) is 4.98 Å². The van der Waals surface area contributed by atoms with E-state index in [1.807, 2.05) is 24.4 Å². The molecule has 27 heavy (non-hydrogen) atoms. The third-order valence-electron chi connectivity index (χ3n) is 4.16. The lowest BCUT2D eigenvalue weighted by molar-refractivity contribution is 0.626. The molecule has 0 atom stereocenters. The van der Waals surface area contributed by atoms with Crippen LogP contribution in [0.1, 0.15) is 38.8 Å². The summed E-state index contributed by atoms with van der Waals surface area (Å²) in [4.78, 5) is 13.6. The third-order valence-corrected chi connectivity index (χ3v) is 4.16. The zero-order chi connectivity index (χ0) is 19.4. The van der Waals surface area contributed by atoms with Crippen LogP contribution in [0.2, 0.25) is 0 Å². The Labute approximate surface area is 161 Å². The van der Waals surface area contributed by atoms with E-state index in [4.69, 9.17) is 9.97 Å². The summed E-state index contributed by atoms with van der Waals surface area (Å²) in [5.41, 5.74) is 5.22. The Morgan fingerprint density at radius 3 is 2.52 bits per heavy atom. The van der Waals surface area contributed by atoms with Crippen LogP contribution < -0.4 is 10.6 Å². The first-order valence-corrected chi connectivity index (χ1v) is 9.29. The zero-order valence-corrected chi connectivity index (χ0v) is 16.7. The lowest BCUT2D eigenvalue weighted by Gasteiger charge is -2.22. The van der Waals surface area contributed by atoms with Crippen molar-refractivity contribution in [3.05, 3.63) is 59.9 Å². The quantitative estimate of drug-likeness (QED) is 0.640. The lowest BCUT2D eigenvalue weighted by Crippen LogP contribution is -2.27. The maximum atomic E-state index is 4.70. The average molecular weight is 361 g/mol. The SMILES string of the molecule is CCc1cccc(C)c1Nc1cc(-c2cccnc2)nc(NC(C)(C)C)n1. The molecule has 2 aromatic heterocycles. The topological polar surface area (TPSA) is 62.7 Å². The predicted molar refractivity (Wildman–Crippen MR) is 112 cm³/mol. The summed E-state index contributed by atoms with van der Waals surface area (Å²) in [6.07, 6.45) is 4.54. The van der Waals surface area contributed by atoms with Gasteiger partial charge in [-0.15, -0.1) is 0 Å². The van der Waals surface area contributed by atoms with Crippen molar-refractivity contribution < 1.29 is 0 Å². The highest BCUT2D eigenvalue weighted by Crippen LogP contribution is 2.28. The van der Waals surface area contributed by atoms with Gasteiger partial charge in [-0.25, -0.2) is 4.98 Å². The minimum atomic E-state index is -0.137. The summed E-state index contributed by atoms with van der Waals surface area (Å²) in [6.45, 7) is 10.6. The molecule has 5 heteroatoms. The van der Waals surface area contributed by atoms with E-state index < -0.39 is 0 Å². The molecule has 1 aromatic carbocycles. The number of hydrogen-bond donors (Lipinski definition) is 2. The molecule has 0 saturated carbocycles. The number of aromatic nitrogens is 3. The summed E-state index contributed by atoms with van der Waals surface area (Å²) in [6, 6.07) is 12.2. The van der Waals surface area contributed by atoms with Gasteiger partial charge in [0.2, 0.25) is 5.95 Å². The van der Waals surface area contributed by atoms with Gasteiger partial charge in [-0.3, -0.25) is 4.98 Å². The van der Waals surface area contributed by atoms with Crippen molar-refractivity contribution in [3.63, 3.8) is 0 Å². The van der Waals surface area contributed by atoms with Crippen LogP contribution in [0.3, 0.4) is 0 Å². The van der Waals surface area contributed by atoms with E-state index >= 15 is 0 Å². The number of nitrogens with zero attached hydrogens (tertiary/aromatic N) is 3. The van der Waals surface area contributed by atoms with Crippen molar-refractivity contribution in [1.29, 1.82) is 0 Å². The maximum Gasteiger partial charge on any atom is 0.225 e. The molecule has 0 aliphatic carbocycles. The molecule has 0 radical (unpaired) electrons. The van der Waals surface area contributed by atoms with Crippen LogP contribution in [-0.2, 0) is 6.42 Å². The van der Waals surface area contributed by atoms with Crippen LogP contribution in [0.4, 0.5) is 17.5 Å². The van der Waals surface area contributed by atoms with Crippen molar-refractivity contribution in [2.75, 3.05) is 10.6 Å². The summed E-state index contributed by atoms with van der Waals surface area (Å²) >= 11 is 0. The molecule has 0 spiro atoms. The zero-order valence-electron chi connectivity index (χ0n) is 16.7. The molecular formula is C22H27N5. The fraction of sp³-hybridized carbons (Fsp3) is 0.318. The van der Waals surface area contributed by atoms with Crippen LogP contribution >= 0.6 is 0 Å². The predicted octanol–water partition coefficient (Wildman–Crippen LogP) is 5.36. The van der Waals surface area contributed by atoms with Crippen LogP contribution in [-0.4, -0.2) is 20.5 Å². The number of hydrogen-bond acceptors (Lipinski definition) is 5. The third kappa shape index (κ3) is 4.82. The molecule has 0 unspecified atom stereocenters. The monoisotopic (exact) mass is 361 g/mol. The number of nitrogens with one attached hydrogen (secondary N) is 2. The molecule has 2 heterocycles. The summed E-state index contributed by atoms with van der Waals surface area (Å²) in [5.74, 6) is 1.36. The average Bonchev–Trinajstić information content (AvgIpc) is 2.62. The van der Waals surface area contributed by atoms with Crippen molar-refractivity contribution in [2.45, 2.75) is 46.6 Å². The Morgan fingerprint density at radius 2 is 1.85 bits per heavy atom. The molecule has 0 bridgehead atoms. The van der Waals surface area contributed by atoms with E-state index in [0.717, 1.165) is 29.2 Å². The fourth-order valence-corrected chi connectivity index (χ4v) is 2.89. The molecule has 3 rings (SSSR count). The molecule has 2 N–H and O–H groups in total. The van der Waals surface area contributed by atoms with E-state index in [1.54, 1.807) is 6.20 Å². The van der Waals surface area contributed by atoms with Crippen molar-refractivity contribution >= 4 is 17.5 Å². The molecule has 0 aliphatic heterocycles. The van der Waals surface area contributed by atoms with Gasteiger partial charge >= 0.3 is 0 Å². The summed E-state index contributed by atoms with van der Waals surface area (Å²) in [7, 11) is 0. The second kappa shape index (κ2) is 7.74. The molecule has 5 nitrogen and oxygen atoms in total. The first-order chi connectivity index (χ1) is 12.9. The number of pyridine rings is 1. The van der Waals surface area contributed by atoms with Crippen LogP contribution in [0.5, 0.6) is 0 Å². The van der Waals surface area contributed by atoms with Gasteiger partial charge in [-0.05, 0) is 57.4 Å². The van der Waals surface area contributed by atoms with Crippen LogP contribution in [0, 0.1) is 6.92 Å². The second-order valence-electron chi connectivity index (χ2n) is 7.67. The normalized spacial score (nSPS) is 11.3. The minimum absolute atomic E-state index is 0.137. The van der Waals surface area contributed by atoms with Gasteiger partial charge in [-0.1, -0.05) is 25.1 Å². The van der Waals surface area contributed by atoms with Gasteiger partial charge in [0.25, 0.3) is 0 Å². The summed E-state index contributed by atoms with van der Waals surface area (Å²) in [5, 5.41) is 6.89. The molecule has 140 valence electrons. The molecular weight excluding hydrogens is 334 g/mol. The Kier molecular flexibility index (Phi) is 5.40. The fourth-order valence-electron chi connectivity index (χ4n) is 2.89. The highest BCUT2D eigenvalue weighted by molar-refractivity contribution is 5.70. The van der Waals surface area contributed by atoms with E-state index in [1.165, 1.54) is 11.1 Å². The smallest absolute Gasteiger partial charge is 0.225 e. The van der Waals surface area contributed by atoms with Crippen LogP contribution in [0.25, 0.3) is 11.3 Å². The van der Waals surface area contributed by atoms with E-state index in [9.17, 15) is 0 Å². The van der Waals surface area contributed by atoms with Crippen molar-refractivity contribution in [1.82, 2.24) is 15.0 Å². The molecule has 3 aromatic rings. The first-order valence-electron chi connectivity index (χ1n) is 9.29. The van der Waals surface area contributed by atoms with E-state index in [0.29, 0.717) is 5.95 Å². The van der Waals surface area contributed by atoms with Crippen molar-refractivity contribution in [2.24, 2.45) is 0 Å². The van der Waals surface area contributed by atoms with Crippen LogP contribution in [0.15, 0.2) is 48.8 Å². The Morgan fingerprint density at radius 1 is 1.04 bits per heavy atom. The van der Waals surface area contributed by atoms with Gasteiger partial charge in [0.1, 0.15) is 5.82 Å². The second-order valence-corrected chi connectivity index (χ2v) is 7.67. The van der Waals surface area contributed by atoms with E-state index in [2.05, 4.69) is 68.4 Å². The minimum Gasteiger partial charge on any atom is -0.350 e. The Bertz CT molecular complexity index is 914. The number of anilines is 3. The van der Waals surface area contributed by atoms with Gasteiger partial charge in [0, 0.05) is 35.2 Å². The lowest BCUT2D eigenvalue weighted by atomic mass is 10.1. The highest BCUT2D eigenvalue weighted by Gasteiger charge is 2.15. The van der Waals surface area contributed by atoms with Crippen molar-refractivity contribution in [3.8, 4) is 11.3 Å². The largest absolute Gasteiger partial charge is 0.350 e. The van der Waals surface area contributed by atoms with Gasteiger partial charge < -0.3 is 10.6 Å². The van der Waals surface area contributed by atoms with Gasteiger partial charge in [0.15, 0.2) is 0 Å². The Balaban J connectivity index is 2.05. The number of rotatable bonds is 5. The molecule has 0 aliphatic rings. The number of aryl methyl sites for hydroxylation is 2. The molecule has 0 amide bonds. The van der Waals surface area contributed by atoms with Gasteiger partial charge in [0.05, 0.1) is 5.69 Å². The number of benzene rings is 1. The summed E-state index contributed by atoms with van der Waals surface area (Å²) < 4.78 is 0. The molecule has 0 fully saturated rings. The van der Waals surface area contributed by atoms with E-state index in [-0.39, 0.29) is 5.54 Å². The first kappa shape index (κ1) is 18.8.